The molecule has 16 heavy (non-hydrogen) atoms. The number of ether oxygens (including phenoxy) is 1. The summed E-state index contributed by atoms with van der Waals surface area (Å²) in [6.07, 6.45) is 4.09. The molecule has 1 heterocycles. The molecule has 0 aliphatic rings. The van der Waals surface area contributed by atoms with Crippen molar-refractivity contribution in [3.05, 3.63) is 23.7 Å². The molecule has 3 nitrogen and oxygen atoms in total. The normalized spacial score (nSPS) is 11.2. The summed E-state index contributed by atoms with van der Waals surface area (Å²) >= 11 is 0. The minimum absolute atomic E-state index is 0.658. The molecule has 0 amide bonds. The van der Waals surface area contributed by atoms with Crippen LogP contribution in [0.1, 0.15) is 38.0 Å². The third kappa shape index (κ3) is 4.81. The predicted octanol–water partition coefficient (Wildman–Crippen LogP) is 2.95. The molecule has 0 aliphatic heterocycles. The Morgan fingerprint density at radius 3 is 2.94 bits per heavy atom. The molecule has 0 unspecified atom stereocenters. The second kappa shape index (κ2) is 7.47. The Morgan fingerprint density at radius 1 is 1.44 bits per heavy atom. The Balaban J connectivity index is 2.18. The number of furan rings is 1. The zero-order valence-electron chi connectivity index (χ0n) is 10.6. The zero-order valence-corrected chi connectivity index (χ0v) is 10.6. The summed E-state index contributed by atoms with van der Waals surface area (Å²) in [4.78, 5) is 0. The fourth-order valence-electron chi connectivity index (χ4n) is 1.59. The first-order valence-corrected chi connectivity index (χ1v) is 6.01. The van der Waals surface area contributed by atoms with Crippen LogP contribution in [0.3, 0.4) is 0 Å². The van der Waals surface area contributed by atoms with Gasteiger partial charge < -0.3 is 14.5 Å². The maximum absolute atomic E-state index is 5.63. The quantitative estimate of drug-likeness (QED) is 0.691. The van der Waals surface area contributed by atoms with E-state index < -0.39 is 0 Å². The van der Waals surface area contributed by atoms with Gasteiger partial charge >= 0.3 is 0 Å². The van der Waals surface area contributed by atoms with E-state index >= 15 is 0 Å². The second-order valence-corrected chi connectivity index (χ2v) is 4.49. The third-order valence-electron chi connectivity index (χ3n) is 2.50. The molecule has 0 atom stereocenters. The van der Waals surface area contributed by atoms with Crippen LogP contribution in [-0.2, 0) is 17.9 Å². The van der Waals surface area contributed by atoms with Crippen molar-refractivity contribution in [3.63, 3.8) is 0 Å². The van der Waals surface area contributed by atoms with E-state index in [2.05, 4.69) is 19.2 Å². The highest BCUT2D eigenvalue weighted by atomic mass is 16.5. The Labute approximate surface area is 98.2 Å². The van der Waals surface area contributed by atoms with Gasteiger partial charge in [-0.2, -0.15) is 0 Å². The van der Waals surface area contributed by atoms with Gasteiger partial charge in [0.1, 0.15) is 5.76 Å². The van der Waals surface area contributed by atoms with Crippen molar-refractivity contribution in [2.24, 2.45) is 5.92 Å². The molecule has 0 radical (unpaired) electrons. The highest BCUT2D eigenvalue weighted by Crippen LogP contribution is 2.12. The maximum atomic E-state index is 5.63. The highest BCUT2D eigenvalue weighted by molar-refractivity contribution is 5.15. The van der Waals surface area contributed by atoms with Gasteiger partial charge in [0.05, 0.1) is 19.4 Å². The molecule has 1 rings (SSSR count). The summed E-state index contributed by atoms with van der Waals surface area (Å²) in [5.74, 6) is 1.74. The molecule has 0 saturated heterocycles. The molecule has 0 bridgehead atoms. The van der Waals surface area contributed by atoms with Gasteiger partial charge in [-0.3, -0.25) is 0 Å². The molecule has 92 valence electrons. The van der Waals surface area contributed by atoms with Crippen LogP contribution in [0.4, 0.5) is 0 Å². The number of nitrogens with one attached hydrogen (secondary N) is 1. The fourth-order valence-corrected chi connectivity index (χ4v) is 1.59. The van der Waals surface area contributed by atoms with Crippen LogP contribution in [0.2, 0.25) is 0 Å². The van der Waals surface area contributed by atoms with Crippen LogP contribution in [0.5, 0.6) is 0 Å². The topological polar surface area (TPSA) is 34.4 Å². The van der Waals surface area contributed by atoms with Crippen molar-refractivity contribution in [2.75, 3.05) is 13.7 Å². The van der Waals surface area contributed by atoms with Crippen molar-refractivity contribution in [1.29, 1.82) is 0 Å². The number of hydrogen-bond acceptors (Lipinski definition) is 3. The van der Waals surface area contributed by atoms with Gasteiger partial charge in [0.2, 0.25) is 0 Å². The van der Waals surface area contributed by atoms with Crippen LogP contribution in [-0.4, -0.2) is 13.7 Å². The summed E-state index contributed by atoms with van der Waals surface area (Å²) in [7, 11) is 1.91. The van der Waals surface area contributed by atoms with Crippen molar-refractivity contribution in [3.8, 4) is 0 Å². The Kier molecular flexibility index (Phi) is 6.19. The van der Waals surface area contributed by atoms with E-state index in [0.717, 1.165) is 36.8 Å². The first kappa shape index (κ1) is 13.3. The van der Waals surface area contributed by atoms with Crippen molar-refractivity contribution < 1.29 is 9.15 Å². The first-order chi connectivity index (χ1) is 7.74. The molecular weight excluding hydrogens is 202 g/mol. The molecule has 1 aromatic rings. The van der Waals surface area contributed by atoms with E-state index in [0.29, 0.717) is 6.61 Å². The van der Waals surface area contributed by atoms with Crippen LogP contribution in [0.25, 0.3) is 0 Å². The molecule has 1 N–H and O–H groups in total. The largest absolute Gasteiger partial charge is 0.468 e. The molecule has 0 saturated carbocycles. The zero-order chi connectivity index (χ0) is 11.8. The number of hydrogen-bond donors (Lipinski definition) is 1. The molecule has 0 aliphatic carbocycles. The van der Waals surface area contributed by atoms with Crippen LogP contribution in [0.15, 0.2) is 16.7 Å². The van der Waals surface area contributed by atoms with E-state index in [1.807, 2.05) is 13.1 Å². The standard InChI is InChI=1S/C13H23NO2/c1-11(2)5-4-7-15-10-12-6-8-16-13(12)9-14-3/h6,8,11,14H,4-5,7,9-10H2,1-3H3. The monoisotopic (exact) mass is 225 g/mol. The fraction of sp³-hybridized carbons (Fsp3) is 0.692. The van der Waals surface area contributed by atoms with E-state index in [1.54, 1.807) is 6.26 Å². The lowest BCUT2D eigenvalue weighted by Crippen LogP contribution is -2.07. The second-order valence-electron chi connectivity index (χ2n) is 4.49. The lowest BCUT2D eigenvalue weighted by atomic mass is 10.1. The minimum Gasteiger partial charge on any atom is -0.468 e. The van der Waals surface area contributed by atoms with Crippen LogP contribution >= 0.6 is 0 Å². The molecular formula is C13H23NO2. The summed E-state index contributed by atoms with van der Waals surface area (Å²) in [5, 5.41) is 3.08. The van der Waals surface area contributed by atoms with Gasteiger partial charge in [0.15, 0.2) is 0 Å². The average molecular weight is 225 g/mol. The lowest BCUT2D eigenvalue weighted by molar-refractivity contribution is 0.113. The van der Waals surface area contributed by atoms with Crippen molar-refractivity contribution in [2.45, 2.75) is 39.8 Å². The van der Waals surface area contributed by atoms with Gasteiger partial charge in [-0.15, -0.1) is 0 Å². The van der Waals surface area contributed by atoms with Gasteiger partial charge in [-0.05, 0) is 31.9 Å². The van der Waals surface area contributed by atoms with E-state index in [1.165, 1.54) is 6.42 Å². The van der Waals surface area contributed by atoms with E-state index in [9.17, 15) is 0 Å². The minimum atomic E-state index is 0.658. The van der Waals surface area contributed by atoms with Gasteiger partial charge in [-0.1, -0.05) is 13.8 Å². The van der Waals surface area contributed by atoms with Crippen LogP contribution in [0, 0.1) is 5.92 Å². The van der Waals surface area contributed by atoms with E-state index in [-0.39, 0.29) is 0 Å². The summed E-state index contributed by atoms with van der Waals surface area (Å²) in [5.41, 5.74) is 1.15. The van der Waals surface area contributed by atoms with Gasteiger partial charge in [0, 0.05) is 12.2 Å². The summed E-state index contributed by atoms with van der Waals surface area (Å²) in [6.45, 7) is 6.73. The summed E-state index contributed by atoms with van der Waals surface area (Å²) in [6, 6.07) is 1.98. The molecule has 0 spiro atoms. The molecule has 0 fully saturated rings. The highest BCUT2D eigenvalue weighted by Gasteiger charge is 2.05. The Bertz CT molecular complexity index is 281. The van der Waals surface area contributed by atoms with Crippen molar-refractivity contribution in [1.82, 2.24) is 5.32 Å². The SMILES string of the molecule is CNCc1occc1COCCCC(C)C. The van der Waals surface area contributed by atoms with Crippen molar-refractivity contribution >= 4 is 0 Å². The van der Waals surface area contributed by atoms with Gasteiger partial charge in [-0.25, -0.2) is 0 Å². The first-order valence-electron chi connectivity index (χ1n) is 6.01. The number of rotatable bonds is 8. The molecule has 3 heteroatoms. The summed E-state index contributed by atoms with van der Waals surface area (Å²) < 4.78 is 11.0. The van der Waals surface area contributed by atoms with E-state index in [4.69, 9.17) is 9.15 Å². The third-order valence-corrected chi connectivity index (χ3v) is 2.50. The van der Waals surface area contributed by atoms with Crippen LogP contribution < -0.4 is 5.32 Å². The molecule has 0 aromatic carbocycles. The average Bonchev–Trinajstić information content (AvgIpc) is 2.65. The Hall–Kier alpha value is -0.800. The maximum Gasteiger partial charge on any atom is 0.123 e. The Morgan fingerprint density at radius 2 is 2.25 bits per heavy atom. The van der Waals surface area contributed by atoms with Gasteiger partial charge in [0.25, 0.3) is 0 Å². The smallest absolute Gasteiger partial charge is 0.123 e. The predicted molar refractivity (Wildman–Crippen MR) is 65.2 cm³/mol. The molecule has 1 aromatic heterocycles. The lowest BCUT2D eigenvalue weighted by Gasteiger charge is -2.06.